The number of imidazole rings is 1. The fourth-order valence-electron chi connectivity index (χ4n) is 1.78. The van der Waals surface area contributed by atoms with Crippen molar-refractivity contribution in [3.05, 3.63) is 42.0 Å². The predicted molar refractivity (Wildman–Crippen MR) is 65.9 cm³/mol. The normalized spacial score (nSPS) is 11.1. The Balaban J connectivity index is 2.58. The first-order valence-electron chi connectivity index (χ1n) is 5.66. The molecule has 0 aliphatic heterocycles. The van der Waals surface area contributed by atoms with Crippen LogP contribution in [0.1, 0.15) is 25.6 Å². The van der Waals surface area contributed by atoms with Gasteiger partial charge in [0.05, 0.1) is 11.3 Å². The first kappa shape index (κ1) is 11.8. The highest BCUT2D eigenvalue weighted by Gasteiger charge is 2.14. The fraction of sp³-hybridized carbons (Fsp3) is 0.308. The van der Waals surface area contributed by atoms with E-state index in [1.165, 1.54) is 6.07 Å². The summed E-state index contributed by atoms with van der Waals surface area (Å²) in [6.45, 7) is 4.43. The van der Waals surface area contributed by atoms with E-state index in [1.807, 2.05) is 24.6 Å². The molecule has 0 fully saturated rings. The highest BCUT2D eigenvalue weighted by molar-refractivity contribution is 5.57. The molecule has 0 unspecified atom stereocenters. The van der Waals surface area contributed by atoms with Gasteiger partial charge < -0.3 is 10.3 Å². The van der Waals surface area contributed by atoms with Crippen LogP contribution < -0.4 is 5.73 Å². The molecule has 1 aromatic carbocycles. The number of hydrogen-bond donors (Lipinski definition) is 1. The molecule has 0 saturated carbocycles. The lowest BCUT2D eigenvalue weighted by atomic mass is 10.2. The van der Waals surface area contributed by atoms with Crippen molar-refractivity contribution in [1.82, 2.24) is 9.55 Å². The SMILES string of the molecule is CC(C)n1cc(CN)nc1-c1ccccc1F. The highest BCUT2D eigenvalue weighted by atomic mass is 19.1. The lowest BCUT2D eigenvalue weighted by Crippen LogP contribution is -2.02. The molecule has 1 heterocycles. The van der Waals surface area contributed by atoms with Gasteiger partial charge in [-0.2, -0.15) is 0 Å². The Hall–Kier alpha value is -1.68. The minimum absolute atomic E-state index is 0.220. The third-order valence-electron chi connectivity index (χ3n) is 2.66. The van der Waals surface area contributed by atoms with Crippen molar-refractivity contribution < 1.29 is 4.39 Å². The second-order valence-corrected chi connectivity index (χ2v) is 4.24. The summed E-state index contributed by atoms with van der Waals surface area (Å²) >= 11 is 0. The van der Waals surface area contributed by atoms with E-state index in [9.17, 15) is 4.39 Å². The summed E-state index contributed by atoms with van der Waals surface area (Å²) in [5.74, 6) is 0.377. The first-order valence-corrected chi connectivity index (χ1v) is 5.66. The number of aromatic nitrogens is 2. The Morgan fingerprint density at radius 2 is 2.06 bits per heavy atom. The van der Waals surface area contributed by atoms with Gasteiger partial charge in [-0.3, -0.25) is 0 Å². The Bertz CT molecular complexity index is 517. The van der Waals surface area contributed by atoms with Crippen molar-refractivity contribution in [2.45, 2.75) is 26.4 Å². The van der Waals surface area contributed by atoms with E-state index >= 15 is 0 Å². The Morgan fingerprint density at radius 3 is 2.65 bits per heavy atom. The van der Waals surface area contributed by atoms with E-state index in [2.05, 4.69) is 4.98 Å². The van der Waals surface area contributed by atoms with Gasteiger partial charge in [0.1, 0.15) is 11.6 Å². The molecule has 0 aliphatic carbocycles. The molecule has 2 aromatic rings. The molecule has 1 aromatic heterocycles. The van der Waals surface area contributed by atoms with Crippen LogP contribution >= 0.6 is 0 Å². The van der Waals surface area contributed by atoms with Gasteiger partial charge in [-0.1, -0.05) is 12.1 Å². The first-order chi connectivity index (χ1) is 8.13. The van der Waals surface area contributed by atoms with Crippen LogP contribution in [0.2, 0.25) is 0 Å². The van der Waals surface area contributed by atoms with Gasteiger partial charge in [-0.15, -0.1) is 0 Å². The van der Waals surface area contributed by atoms with E-state index in [0.29, 0.717) is 17.9 Å². The van der Waals surface area contributed by atoms with Crippen molar-refractivity contribution in [2.24, 2.45) is 5.73 Å². The second kappa shape index (κ2) is 4.67. The van der Waals surface area contributed by atoms with Gasteiger partial charge >= 0.3 is 0 Å². The summed E-state index contributed by atoms with van der Waals surface area (Å²) in [7, 11) is 0. The highest BCUT2D eigenvalue weighted by Crippen LogP contribution is 2.24. The molecular weight excluding hydrogens is 217 g/mol. The minimum atomic E-state index is -0.261. The molecule has 4 heteroatoms. The van der Waals surface area contributed by atoms with E-state index < -0.39 is 0 Å². The standard InChI is InChI=1S/C13H16FN3/c1-9(2)17-8-10(7-15)16-13(17)11-5-3-4-6-12(11)14/h3-6,8-9H,7,15H2,1-2H3. The van der Waals surface area contributed by atoms with Crippen LogP contribution in [0.5, 0.6) is 0 Å². The molecule has 2 rings (SSSR count). The molecule has 17 heavy (non-hydrogen) atoms. The Kier molecular flexibility index (Phi) is 3.24. The van der Waals surface area contributed by atoms with Crippen LogP contribution in [0.4, 0.5) is 4.39 Å². The molecule has 0 bridgehead atoms. The zero-order valence-corrected chi connectivity index (χ0v) is 10.0. The number of halogens is 1. The third kappa shape index (κ3) is 2.22. The topological polar surface area (TPSA) is 43.8 Å². The molecule has 0 spiro atoms. The van der Waals surface area contributed by atoms with E-state index in [4.69, 9.17) is 5.73 Å². The lowest BCUT2D eigenvalue weighted by Gasteiger charge is -2.11. The van der Waals surface area contributed by atoms with Gasteiger partial charge in [-0.25, -0.2) is 9.37 Å². The van der Waals surface area contributed by atoms with Gasteiger partial charge in [0.25, 0.3) is 0 Å². The number of hydrogen-bond acceptors (Lipinski definition) is 2. The van der Waals surface area contributed by atoms with Crippen LogP contribution in [0.15, 0.2) is 30.5 Å². The Labute approximate surface area is 100 Å². The van der Waals surface area contributed by atoms with E-state index in [-0.39, 0.29) is 11.9 Å². The molecule has 0 saturated heterocycles. The van der Waals surface area contributed by atoms with Crippen LogP contribution in [-0.2, 0) is 6.54 Å². The largest absolute Gasteiger partial charge is 0.328 e. The lowest BCUT2D eigenvalue weighted by molar-refractivity contribution is 0.595. The maximum absolute atomic E-state index is 13.7. The van der Waals surface area contributed by atoms with Crippen molar-refractivity contribution in [3.8, 4) is 11.4 Å². The molecule has 0 amide bonds. The predicted octanol–water partition coefficient (Wildman–Crippen LogP) is 2.73. The number of nitrogens with two attached hydrogens (primary N) is 1. The van der Waals surface area contributed by atoms with Crippen molar-refractivity contribution >= 4 is 0 Å². The number of rotatable bonds is 3. The monoisotopic (exact) mass is 233 g/mol. The summed E-state index contributed by atoms with van der Waals surface area (Å²) in [4.78, 5) is 4.38. The molecule has 90 valence electrons. The second-order valence-electron chi connectivity index (χ2n) is 4.24. The smallest absolute Gasteiger partial charge is 0.143 e. The van der Waals surface area contributed by atoms with Crippen LogP contribution in [0.25, 0.3) is 11.4 Å². The average Bonchev–Trinajstić information content (AvgIpc) is 2.73. The number of nitrogens with zero attached hydrogens (tertiary/aromatic N) is 2. The van der Waals surface area contributed by atoms with Gasteiger partial charge in [0, 0.05) is 18.8 Å². The summed E-state index contributed by atoms with van der Waals surface area (Å²) < 4.78 is 15.7. The van der Waals surface area contributed by atoms with Crippen molar-refractivity contribution in [2.75, 3.05) is 0 Å². The van der Waals surface area contributed by atoms with Gasteiger partial charge in [0.15, 0.2) is 0 Å². The number of benzene rings is 1. The van der Waals surface area contributed by atoms with Crippen LogP contribution in [0, 0.1) is 5.82 Å². The maximum atomic E-state index is 13.7. The van der Waals surface area contributed by atoms with Crippen molar-refractivity contribution in [3.63, 3.8) is 0 Å². The van der Waals surface area contributed by atoms with Crippen LogP contribution in [-0.4, -0.2) is 9.55 Å². The average molecular weight is 233 g/mol. The summed E-state index contributed by atoms with van der Waals surface area (Å²) in [5, 5.41) is 0. The molecule has 3 nitrogen and oxygen atoms in total. The Morgan fingerprint density at radius 1 is 1.35 bits per heavy atom. The van der Waals surface area contributed by atoms with Crippen LogP contribution in [0.3, 0.4) is 0 Å². The van der Waals surface area contributed by atoms with E-state index in [0.717, 1.165) is 5.69 Å². The summed E-state index contributed by atoms with van der Waals surface area (Å²) in [6.07, 6.45) is 1.88. The third-order valence-corrected chi connectivity index (χ3v) is 2.66. The zero-order chi connectivity index (χ0) is 12.4. The molecule has 2 N–H and O–H groups in total. The van der Waals surface area contributed by atoms with Gasteiger partial charge in [0.2, 0.25) is 0 Å². The molecule has 0 atom stereocenters. The zero-order valence-electron chi connectivity index (χ0n) is 10.0. The van der Waals surface area contributed by atoms with Gasteiger partial charge in [-0.05, 0) is 26.0 Å². The minimum Gasteiger partial charge on any atom is -0.328 e. The van der Waals surface area contributed by atoms with Crippen molar-refractivity contribution in [1.29, 1.82) is 0 Å². The molecule has 0 aliphatic rings. The summed E-state index contributed by atoms with van der Waals surface area (Å²) in [6, 6.07) is 6.87. The molecular formula is C13H16FN3. The molecule has 0 radical (unpaired) electrons. The fourth-order valence-corrected chi connectivity index (χ4v) is 1.78. The maximum Gasteiger partial charge on any atom is 0.143 e. The summed E-state index contributed by atoms with van der Waals surface area (Å²) in [5.41, 5.74) is 6.87. The quantitative estimate of drug-likeness (QED) is 0.885. The van der Waals surface area contributed by atoms with E-state index in [1.54, 1.807) is 18.2 Å².